The number of aromatic amines is 1. The third-order valence-corrected chi connectivity index (χ3v) is 3.37. The number of nitrogens with one attached hydrogen (secondary N) is 2. The summed E-state index contributed by atoms with van der Waals surface area (Å²) in [4.78, 5) is 20.3. The van der Waals surface area contributed by atoms with Crippen molar-refractivity contribution in [1.29, 1.82) is 0 Å². The summed E-state index contributed by atoms with van der Waals surface area (Å²) in [5.41, 5.74) is -0.0836. The molecule has 0 radical (unpaired) electrons. The van der Waals surface area contributed by atoms with Gasteiger partial charge in [0.05, 0.1) is 0 Å². The Morgan fingerprint density at radius 3 is 3.00 bits per heavy atom. The maximum absolute atomic E-state index is 11.0. The zero-order chi connectivity index (χ0) is 11.2. The number of H-pyrrole nitrogens is 1. The van der Waals surface area contributed by atoms with Crippen molar-refractivity contribution in [3.8, 4) is 0 Å². The van der Waals surface area contributed by atoms with Gasteiger partial charge in [-0.05, 0) is 0 Å². The van der Waals surface area contributed by atoms with Crippen LogP contribution < -0.4 is 10.9 Å². The largest absolute Gasteiger partial charge is 0.314 e. The molecular formula is C10H16N4OS. The SMILES string of the molecule is O=c1ccnc(SCCN2CCNCC2)[nH]1. The van der Waals surface area contributed by atoms with Gasteiger partial charge in [0.1, 0.15) is 0 Å². The molecule has 0 aromatic carbocycles. The zero-order valence-corrected chi connectivity index (χ0v) is 9.92. The number of piperazine rings is 1. The normalized spacial score (nSPS) is 17.5. The molecule has 2 N–H and O–H groups in total. The van der Waals surface area contributed by atoms with Crippen LogP contribution in [0.15, 0.2) is 22.2 Å². The summed E-state index contributed by atoms with van der Waals surface area (Å²) >= 11 is 1.60. The first-order valence-electron chi connectivity index (χ1n) is 5.46. The molecule has 0 unspecified atom stereocenters. The molecule has 1 aliphatic rings. The first kappa shape index (κ1) is 11.6. The van der Waals surface area contributed by atoms with Crippen molar-refractivity contribution in [2.24, 2.45) is 0 Å². The Morgan fingerprint density at radius 1 is 1.44 bits per heavy atom. The number of thioether (sulfide) groups is 1. The van der Waals surface area contributed by atoms with Crippen molar-refractivity contribution in [1.82, 2.24) is 20.2 Å². The van der Waals surface area contributed by atoms with Gasteiger partial charge in [0.15, 0.2) is 5.16 Å². The average molecular weight is 240 g/mol. The molecule has 0 amide bonds. The smallest absolute Gasteiger partial charge is 0.251 e. The maximum Gasteiger partial charge on any atom is 0.251 e. The Morgan fingerprint density at radius 2 is 2.25 bits per heavy atom. The van der Waals surface area contributed by atoms with Crippen LogP contribution in [-0.2, 0) is 0 Å². The molecule has 16 heavy (non-hydrogen) atoms. The van der Waals surface area contributed by atoms with E-state index in [9.17, 15) is 4.79 Å². The van der Waals surface area contributed by atoms with Crippen molar-refractivity contribution in [2.75, 3.05) is 38.5 Å². The maximum atomic E-state index is 11.0. The first-order valence-corrected chi connectivity index (χ1v) is 6.44. The molecule has 2 rings (SSSR count). The van der Waals surface area contributed by atoms with Gasteiger partial charge in [-0.1, -0.05) is 11.8 Å². The summed E-state index contributed by atoms with van der Waals surface area (Å²) in [6.07, 6.45) is 1.55. The third kappa shape index (κ3) is 3.62. The van der Waals surface area contributed by atoms with Crippen molar-refractivity contribution in [2.45, 2.75) is 5.16 Å². The minimum absolute atomic E-state index is 0.0836. The van der Waals surface area contributed by atoms with Gasteiger partial charge < -0.3 is 10.3 Å². The number of hydrogen-bond acceptors (Lipinski definition) is 5. The lowest BCUT2D eigenvalue weighted by Crippen LogP contribution is -2.44. The standard InChI is InChI=1S/C10H16N4OS/c15-9-1-2-12-10(13-9)16-8-7-14-5-3-11-4-6-14/h1-2,11H,3-8H2,(H,12,13,15). The molecule has 2 heterocycles. The topological polar surface area (TPSA) is 61.0 Å². The average Bonchev–Trinajstić information content (AvgIpc) is 2.30. The second kappa shape index (κ2) is 6.03. The molecule has 0 bridgehead atoms. The molecule has 0 aliphatic carbocycles. The van der Waals surface area contributed by atoms with Crippen LogP contribution in [0.25, 0.3) is 0 Å². The molecule has 6 heteroatoms. The highest BCUT2D eigenvalue weighted by atomic mass is 32.2. The lowest BCUT2D eigenvalue weighted by atomic mass is 10.4. The highest BCUT2D eigenvalue weighted by Gasteiger charge is 2.08. The summed E-state index contributed by atoms with van der Waals surface area (Å²) in [6.45, 7) is 5.42. The summed E-state index contributed by atoms with van der Waals surface area (Å²) in [7, 11) is 0. The molecule has 5 nitrogen and oxygen atoms in total. The minimum Gasteiger partial charge on any atom is -0.314 e. The Balaban J connectivity index is 1.73. The molecule has 1 saturated heterocycles. The summed E-state index contributed by atoms with van der Waals surface area (Å²) in [5.74, 6) is 0.965. The first-order chi connectivity index (χ1) is 7.84. The van der Waals surface area contributed by atoms with Crippen LogP contribution in [0.4, 0.5) is 0 Å². The predicted octanol–water partition coefficient (Wildman–Crippen LogP) is -0.233. The Hall–Kier alpha value is -0.850. The summed E-state index contributed by atoms with van der Waals surface area (Å²) < 4.78 is 0. The van der Waals surface area contributed by atoms with Crippen LogP contribution in [0.1, 0.15) is 0 Å². The van der Waals surface area contributed by atoms with Gasteiger partial charge in [-0.2, -0.15) is 0 Å². The van der Waals surface area contributed by atoms with Gasteiger partial charge in [0.2, 0.25) is 0 Å². The lowest BCUT2D eigenvalue weighted by molar-refractivity contribution is 0.255. The zero-order valence-electron chi connectivity index (χ0n) is 9.11. The second-order valence-electron chi connectivity index (χ2n) is 3.68. The van der Waals surface area contributed by atoms with E-state index in [0.29, 0.717) is 5.16 Å². The molecule has 0 saturated carbocycles. The van der Waals surface area contributed by atoms with E-state index in [0.717, 1.165) is 38.5 Å². The molecule has 1 fully saturated rings. The van der Waals surface area contributed by atoms with E-state index in [1.807, 2.05) is 0 Å². The fourth-order valence-electron chi connectivity index (χ4n) is 1.63. The van der Waals surface area contributed by atoms with E-state index < -0.39 is 0 Å². The van der Waals surface area contributed by atoms with Gasteiger partial charge in [-0.15, -0.1) is 0 Å². The van der Waals surface area contributed by atoms with Crippen molar-refractivity contribution in [3.63, 3.8) is 0 Å². The lowest BCUT2D eigenvalue weighted by Gasteiger charge is -2.26. The summed E-state index contributed by atoms with van der Waals surface area (Å²) in [5, 5.41) is 4.03. The van der Waals surface area contributed by atoms with Crippen LogP contribution in [-0.4, -0.2) is 53.3 Å². The number of hydrogen-bond donors (Lipinski definition) is 2. The van der Waals surface area contributed by atoms with Crippen LogP contribution in [0.3, 0.4) is 0 Å². The van der Waals surface area contributed by atoms with Crippen LogP contribution >= 0.6 is 11.8 Å². The number of aromatic nitrogens is 2. The Bertz CT molecular complexity index is 375. The van der Waals surface area contributed by atoms with Crippen LogP contribution in [0.5, 0.6) is 0 Å². The van der Waals surface area contributed by atoms with E-state index in [4.69, 9.17) is 0 Å². The van der Waals surface area contributed by atoms with E-state index in [-0.39, 0.29) is 5.56 Å². The van der Waals surface area contributed by atoms with Crippen molar-refractivity contribution < 1.29 is 0 Å². The molecule has 88 valence electrons. The van der Waals surface area contributed by atoms with Gasteiger partial charge >= 0.3 is 0 Å². The monoisotopic (exact) mass is 240 g/mol. The number of rotatable bonds is 4. The van der Waals surface area contributed by atoms with E-state index in [1.54, 1.807) is 18.0 Å². The van der Waals surface area contributed by atoms with Gasteiger partial charge in [-0.3, -0.25) is 9.69 Å². The third-order valence-electron chi connectivity index (χ3n) is 2.50. The number of nitrogens with zero attached hydrogens (tertiary/aromatic N) is 2. The van der Waals surface area contributed by atoms with Crippen molar-refractivity contribution >= 4 is 11.8 Å². The molecule has 1 aromatic heterocycles. The fraction of sp³-hybridized carbons (Fsp3) is 0.600. The van der Waals surface area contributed by atoms with Crippen LogP contribution in [0, 0.1) is 0 Å². The van der Waals surface area contributed by atoms with Crippen LogP contribution in [0.2, 0.25) is 0 Å². The fourth-order valence-corrected chi connectivity index (χ4v) is 2.48. The molecule has 0 spiro atoms. The van der Waals surface area contributed by atoms with E-state index >= 15 is 0 Å². The van der Waals surface area contributed by atoms with E-state index in [2.05, 4.69) is 20.2 Å². The van der Waals surface area contributed by atoms with Crippen molar-refractivity contribution in [3.05, 3.63) is 22.6 Å². The van der Waals surface area contributed by atoms with Gasteiger partial charge in [0, 0.05) is 50.7 Å². The predicted molar refractivity (Wildman–Crippen MR) is 64.9 cm³/mol. The highest BCUT2D eigenvalue weighted by Crippen LogP contribution is 2.09. The minimum atomic E-state index is -0.0836. The highest BCUT2D eigenvalue weighted by molar-refractivity contribution is 7.99. The summed E-state index contributed by atoms with van der Waals surface area (Å²) in [6, 6.07) is 1.43. The molecule has 1 aliphatic heterocycles. The van der Waals surface area contributed by atoms with Gasteiger partial charge in [0.25, 0.3) is 5.56 Å². The Labute approximate surface area is 98.6 Å². The molecular weight excluding hydrogens is 224 g/mol. The van der Waals surface area contributed by atoms with Gasteiger partial charge in [-0.25, -0.2) is 4.98 Å². The second-order valence-corrected chi connectivity index (χ2v) is 4.76. The Kier molecular flexibility index (Phi) is 4.38. The molecule has 1 aromatic rings. The quantitative estimate of drug-likeness (QED) is 0.562. The van der Waals surface area contributed by atoms with E-state index in [1.165, 1.54) is 6.07 Å². The molecule has 0 atom stereocenters.